The fourth-order valence-electron chi connectivity index (χ4n) is 1.90. The molecule has 1 aliphatic heterocycles. The summed E-state index contributed by atoms with van der Waals surface area (Å²) in [6.07, 6.45) is 0.397. The normalized spacial score (nSPS) is 14.8. The Labute approximate surface area is 127 Å². The number of carbonyl (C=O) groups excluding carboxylic acids is 2. The van der Waals surface area contributed by atoms with E-state index in [-0.39, 0.29) is 5.91 Å². The number of nitrogens with zero attached hydrogens (tertiary/aromatic N) is 2. The highest BCUT2D eigenvalue weighted by atomic mass is 32.1. The number of ether oxygens (including phenoxy) is 2. The summed E-state index contributed by atoms with van der Waals surface area (Å²) in [6.45, 7) is 5.09. The Morgan fingerprint density at radius 1 is 1.48 bits per heavy atom. The molecule has 0 unspecified atom stereocenters. The standard InChI is InChI=1S/C13H19N3O4S/c1-2-20-12(18)10-9-21-13(15-10)14-4-3-11(17)16-5-7-19-8-6-16/h9H,2-8H2,1H3,(H,14,15). The molecule has 0 saturated carbocycles. The summed E-state index contributed by atoms with van der Waals surface area (Å²) < 4.78 is 10.1. The molecule has 1 amide bonds. The van der Waals surface area contributed by atoms with E-state index in [1.165, 1.54) is 11.3 Å². The molecule has 0 spiro atoms. The molecule has 7 nitrogen and oxygen atoms in total. The lowest BCUT2D eigenvalue weighted by atomic mass is 10.3. The van der Waals surface area contributed by atoms with Crippen LogP contribution in [-0.4, -0.2) is 61.2 Å². The third-order valence-electron chi connectivity index (χ3n) is 2.97. The largest absolute Gasteiger partial charge is 0.461 e. The van der Waals surface area contributed by atoms with E-state index in [1.54, 1.807) is 17.2 Å². The minimum Gasteiger partial charge on any atom is -0.461 e. The third-order valence-corrected chi connectivity index (χ3v) is 3.77. The Kier molecular flexibility index (Phi) is 5.94. The molecular weight excluding hydrogens is 294 g/mol. The zero-order valence-electron chi connectivity index (χ0n) is 12.0. The maximum absolute atomic E-state index is 11.9. The van der Waals surface area contributed by atoms with Gasteiger partial charge in [0.15, 0.2) is 10.8 Å². The molecule has 1 aromatic rings. The van der Waals surface area contributed by atoms with Crippen LogP contribution < -0.4 is 5.32 Å². The molecule has 2 heterocycles. The van der Waals surface area contributed by atoms with Gasteiger partial charge in [0.05, 0.1) is 19.8 Å². The van der Waals surface area contributed by atoms with Crippen molar-refractivity contribution in [3.63, 3.8) is 0 Å². The van der Waals surface area contributed by atoms with Crippen molar-refractivity contribution in [3.05, 3.63) is 11.1 Å². The molecule has 2 rings (SSSR count). The molecule has 0 aliphatic carbocycles. The zero-order valence-corrected chi connectivity index (χ0v) is 12.8. The highest BCUT2D eigenvalue weighted by molar-refractivity contribution is 7.13. The summed E-state index contributed by atoms with van der Waals surface area (Å²) in [5, 5.41) is 5.31. The van der Waals surface area contributed by atoms with Crippen LogP contribution in [-0.2, 0) is 14.3 Å². The Balaban J connectivity index is 1.73. The van der Waals surface area contributed by atoms with E-state index < -0.39 is 5.97 Å². The van der Waals surface area contributed by atoms with Crippen LogP contribution in [0.5, 0.6) is 0 Å². The highest BCUT2D eigenvalue weighted by Gasteiger charge is 2.16. The summed E-state index contributed by atoms with van der Waals surface area (Å²) in [5.74, 6) is -0.320. The summed E-state index contributed by atoms with van der Waals surface area (Å²) in [5.41, 5.74) is 0.295. The van der Waals surface area contributed by atoms with Crippen molar-refractivity contribution >= 4 is 28.3 Å². The summed E-state index contributed by atoms with van der Waals surface area (Å²) in [7, 11) is 0. The number of esters is 1. The van der Waals surface area contributed by atoms with E-state index in [4.69, 9.17) is 9.47 Å². The van der Waals surface area contributed by atoms with Gasteiger partial charge in [-0.15, -0.1) is 11.3 Å². The van der Waals surface area contributed by atoms with Gasteiger partial charge in [0.2, 0.25) is 5.91 Å². The summed E-state index contributed by atoms with van der Waals surface area (Å²) >= 11 is 1.32. The Bertz CT molecular complexity index is 486. The van der Waals surface area contributed by atoms with Gasteiger partial charge in [0, 0.05) is 31.4 Å². The molecule has 1 N–H and O–H groups in total. The fourth-order valence-corrected chi connectivity index (χ4v) is 2.61. The maximum Gasteiger partial charge on any atom is 0.357 e. The molecule has 1 aliphatic rings. The van der Waals surface area contributed by atoms with Gasteiger partial charge in [-0.05, 0) is 6.92 Å². The van der Waals surface area contributed by atoms with Crippen molar-refractivity contribution in [1.82, 2.24) is 9.88 Å². The van der Waals surface area contributed by atoms with Crippen LogP contribution in [0.15, 0.2) is 5.38 Å². The van der Waals surface area contributed by atoms with Crippen LogP contribution in [0.25, 0.3) is 0 Å². The van der Waals surface area contributed by atoms with Gasteiger partial charge in [0.25, 0.3) is 0 Å². The number of morpholine rings is 1. The number of carbonyl (C=O) groups is 2. The average molecular weight is 313 g/mol. The van der Waals surface area contributed by atoms with Crippen LogP contribution in [0.4, 0.5) is 5.13 Å². The number of amides is 1. The summed E-state index contributed by atoms with van der Waals surface area (Å²) in [6, 6.07) is 0. The van der Waals surface area contributed by atoms with Crippen LogP contribution in [0.2, 0.25) is 0 Å². The van der Waals surface area contributed by atoms with Crippen molar-refractivity contribution in [2.75, 3.05) is 44.8 Å². The van der Waals surface area contributed by atoms with E-state index in [0.29, 0.717) is 56.7 Å². The first-order chi connectivity index (χ1) is 10.2. The number of anilines is 1. The minimum absolute atomic E-state index is 0.105. The Hall–Kier alpha value is -1.67. The maximum atomic E-state index is 11.9. The Morgan fingerprint density at radius 2 is 2.24 bits per heavy atom. The topological polar surface area (TPSA) is 80.8 Å². The number of thiazole rings is 1. The van der Waals surface area contributed by atoms with Crippen LogP contribution in [0.3, 0.4) is 0 Å². The third kappa shape index (κ3) is 4.68. The number of aromatic nitrogens is 1. The lowest BCUT2D eigenvalue weighted by Crippen LogP contribution is -2.41. The molecule has 0 atom stereocenters. The molecule has 21 heavy (non-hydrogen) atoms. The van der Waals surface area contributed by atoms with Crippen molar-refractivity contribution in [3.8, 4) is 0 Å². The van der Waals surface area contributed by atoms with Gasteiger partial charge in [-0.3, -0.25) is 4.79 Å². The molecule has 8 heteroatoms. The van der Waals surface area contributed by atoms with Crippen molar-refractivity contribution in [2.45, 2.75) is 13.3 Å². The first-order valence-electron chi connectivity index (χ1n) is 6.92. The lowest BCUT2D eigenvalue weighted by Gasteiger charge is -2.26. The van der Waals surface area contributed by atoms with E-state index >= 15 is 0 Å². The highest BCUT2D eigenvalue weighted by Crippen LogP contribution is 2.16. The second-order valence-electron chi connectivity index (χ2n) is 4.43. The van der Waals surface area contributed by atoms with Gasteiger partial charge >= 0.3 is 5.97 Å². The van der Waals surface area contributed by atoms with Gasteiger partial charge in [-0.2, -0.15) is 0 Å². The zero-order chi connectivity index (χ0) is 15.1. The van der Waals surface area contributed by atoms with Crippen LogP contribution >= 0.6 is 11.3 Å². The molecule has 1 fully saturated rings. The molecule has 116 valence electrons. The molecule has 1 saturated heterocycles. The quantitative estimate of drug-likeness (QED) is 0.789. The fraction of sp³-hybridized carbons (Fsp3) is 0.615. The monoisotopic (exact) mass is 313 g/mol. The predicted octanol–water partition coefficient (Wildman–Crippen LogP) is 0.981. The molecule has 0 aromatic carbocycles. The number of hydrogen-bond donors (Lipinski definition) is 1. The molecular formula is C13H19N3O4S. The molecule has 1 aromatic heterocycles. The Morgan fingerprint density at radius 3 is 2.95 bits per heavy atom. The van der Waals surface area contributed by atoms with E-state index in [1.807, 2.05) is 0 Å². The van der Waals surface area contributed by atoms with Crippen molar-refractivity contribution in [1.29, 1.82) is 0 Å². The van der Waals surface area contributed by atoms with Gasteiger partial charge in [0.1, 0.15) is 0 Å². The second kappa shape index (κ2) is 7.94. The van der Waals surface area contributed by atoms with Gasteiger partial charge in [-0.1, -0.05) is 0 Å². The minimum atomic E-state index is -0.425. The number of rotatable bonds is 6. The van der Waals surface area contributed by atoms with Crippen molar-refractivity contribution < 1.29 is 19.1 Å². The van der Waals surface area contributed by atoms with E-state index in [2.05, 4.69) is 10.3 Å². The van der Waals surface area contributed by atoms with E-state index in [9.17, 15) is 9.59 Å². The van der Waals surface area contributed by atoms with Crippen LogP contribution in [0, 0.1) is 0 Å². The number of hydrogen-bond acceptors (Lipinski definition) is 7. The van der Waals surface area contributed by atoms with Gasteiger partial charge in [-0.25, -0.2) is 9.78 Å². The second-order valence-corrected chi connectivity index (χ2v) is 5.29. The lowest BCUT2D eigenvalue weighted by molar-refractivity contribution is -0.134. The smallest absolute Gasteiger partial charge is 0.357 e. The predicted molar refractivity (Wildman–Crippen MR) is 78.6 cm³/mol. The SMILES string of the molecule is CCOC(=O)c1csc(NCCC(=O)N2CCOCC2)n1. The average Bonchev–Trinajstić information content (AvgIpc) is 2.97. The molecule has 0 radical (unpaired) electrons. The van der Waals surface area contributed by atoms with Crippen molar-refractivity contribution in [2.24, 2.45) is 0 Å². The summed E-state index contributed by atoms with van der Waals surface area (Å²) in [4.78, 5) is 29.3. The van der Waals surface area contributed by atoms with Crippen LogP contribution in [0.1, 0.15) is 23.8 Å². The first-order valence-corrected chi connectivity index (χ1v) is 7.80. The molecule has 0 bridgehead atoms. The number of nitrogens with one attached hydrogen (secondary N) is 1. The van der Waals surface area contributed by atoms with E-state index in [0.717, 1.165) is 0 Å². The first kappa shape index (κ1) is 15.7. The van der Waals surface area contributed by atoms with Gasteiger partial charge < -0.3 is 19.7 Å².